The highest BCUT2D eigenvalue weighted by Crippen LogP contribution is 2.39. The summed E-state index contributed by atoms with van der Waals surface area (Å²) in [4.78, 5) is 25.1. The zero-order valence-electron chi connectivity index (χ0n) is 10.1. The Bertz CT molecular complexity index is 712. The van der Waals surface area contributed by atoms with Crippen molar-refractivity contribution in [2.45, 2.75) is 0 Å². The lowest BCUT2D eigenvalue weighted by Crippen LogP contribution is -2.02. The fourth-order valence-corrected chi connectivity index (χ4v) is 2.81. The highest BCUT2D eigenvalue weighted by molar-refractivity contribution is 9.11. The Morgan fingerprint density at radius 2 is 1.95 bits per heavy atom. The number of non-ortho nitro benzene ring substituents is 1. The average Bonchev–Trinajstić information content (AvgIpc) is 2.42. The van der Waals surface area contributed by atoms with Crippen LogP contribution in [0.3, 0.4) is 0 Å². The molecule has 0 aliphatic carbocycles. The van der Waals surface area contributed by atoms with Crippen molar-refractivity contribution in [3.05, 3.63) is 55.1 Å². The summed E-state index contributed by atoms with van der Waals surface area (Å²) in [5.41, 5.74) is -0.254. The Morgan fingerprint density at radius 1 is 1.33 bits per heavy atom. The van der Waals surface area contributed by atoms with Crippen LogP contribution < -0.4 is 4.74 Å². The molecule has 0 bridgehead atoms. The quantitative estimate of drug-likeness (QED) is 0.595. The van der Waals surface area contributed by atoms with E-state index in [2.05, 4.69) is 36.8 Å². The normalized spacial score (nSPS) is 10.2. The molecular weight excluding hydrogens is 412 g/mol. The van der Waals surface area contributed by atoms with Crippen LogP contribution in [0.1, 0.15) is 10.4 Å². The number of pyridine rings is 1. The molecule has 0 amide bonds. The summed E-state index contributed by atoms with van der Waals surface area (Å²) in [7, 11) is 0. The molecule has 108 valence electrons. The Hall–Kier alpha value is -2.00. The minimum atomic E-state index is -1.19. The molecule has 1 N–H and O–H groups in total. The van der Waals surface area contributed by atoms with Crippen molar-refractivity contribution in [1.82, 2.24) is 4.98 Å². The number of carbonyl (C=O) groups is 1. The fraction of sp³-hybridized carbons (Fsp3) is 0. The van der Waals surface area contributed by atoms with Crippen LogP contribution in [-0.4, -0.2) is 21.0 Å². The van der Waals surface area contributed by atoms with E-state index in [9.17, 15) is 14.9 Å². The summed E-state index contributed by atoms with van der Waals surface area (Å²) < 4.78 is 6.05. The van der Waals surface area contributed by atoms with E-state index in [-0.39, 0.29) is 22.9 Å². The number of nitro benzene ring substituents is 1. The van der Waals surface area contributed by atoms with Gasteiger partial charge in [0.1, 0.15) is 5.56 Å². The predicted octanol–water partition coefficient (Wildman–Crippen LogP) is 4.01. The third-order valence-corrected chi connectivity index (χ3v) is 3.57. The molecule has 21 heavy (non-hydrogen) atoms. The number of ether oxygens (including phenoxy) is 1. The first-order chi connectivity index (χ1) is 9.90. The van der Waals surface area contributed by atoms with Crippen LogP contribution in [-0.2, 0) is 0 Å². The van der Waals surface area contributed by atoms with Crippen LogP contribution in [0, 0.1) is 10.1 Å². The first kappa shape index (κ1) is 15.4. The van der Waals surface area contributed by atoms with Gasteiger partial charge in [-0.2, -0.15) is 0 Å². The number of halogens is 2. The van der Waals surface area contributed by atoms with Crippen molar-refractivity contribution in [2.75, 3.05) is 0 Å². The van der Waals surface area contributed by atoms with Gasteiger partial charge in [0, 0.05) is 18.3 Å². The lowest BCUT2D eigenvalue weighted by atomic mass is 10.2. The van der Waals surface area contributed by atoms with Crippen molar-refractivity contribution in [3.63, 3.8) is 0 Å². The zero-order chi connectivity index (χ0) is 15.6. The Labute approximate surface area is 135 Å². The van der Waals surface area contributed by atoms with Crippen LogP contribution in [0.15, 0.2) is 39.4 Å². The number of rotatable bonds is 4. The van der Waals surface area contributed by atoms with Crippen LogP contribution in [0.5, 0.6) is 11.6 Å². The molecule has 1 aromatic heterocycles. The minimum Gasteiger partial charge on any atom is -0.477 e. The summed E-state index contributed by atoms with van der Waals surface area (Å²) in [6.45, 7) is 0. The highest BCUT2D eigenvalue weighted by Gasteiger charge is 2.19. The predicted molar refractivity (Wildman–Crippen MR) is 79.8 cm³/mol. The Morgan fingerprint density at radius 3 is 2.48 bits per heavy atom. The topological polar surface area (TPSA) is 103 Å². The number of nitro groups is 1. The summed E-state index contributed by atoms with van der Waals surface area (Å²) in [5, 5.41) is 19.8. The van der Waals surface area contributed by atoms with E-state index in [0.717, 1.165) is 0 Å². The van der Waals surface area contributed by atoms with Gasteiger partial charge in [-0.1, -0.05) is 0 Å². The number of aromatic carboxylic acids is 1. The van der Waals surface area contributed by atoms with Gasteiger partial charge in [0.2, 0.25) is 5.88 Å². The van der Waals surface area contributed by atoms with E-state index in [1.807, 2.05) is 0 Å². The van der Waals surface area contributed by atoms with Crippen molar-refractivity contribution < 1.29 is 19.6 Å². The lowest BCUT2D eigenvalue weighted by Gasteiger charge is -2.10. The smallest absolute Gasteiger partial charge is 0.341 e. The monoisotopic (exact) mass is 416 g/mol. The number of benzene rings is 1. The first-order valence-electron chi connectivity index (χ1n) is 5.39. The molecule has 2 aromatic rings. The van der Waals surface area contributed by atoms with Crippen molar-refractivity contribution in [1.29, 1.82) is 0 Å². The summed E-state index contributed by atoms with van der Waals surface area (Å²) in [6, 6.07) is 5.32. The van der Waals surface area contributed by atoms with Crippen molar-refractivity contribution in [3.8, 4) is 11.6 Å². The van der Waals surface area contributed by atoms with Crippen LogP contribution in [0.25, 0.3) is 0 Å². The summed E-state index contributed by atoms with van der Waals surface area (Å²) >= 11 is 6.30. The third-order valence-electron chi connectivity index (χ3n) is 2.39. The maximum atomic E-state index is 11.1. The number of aromatic nitrogens is 1. The first-order valence-corrected chi connectivity index (χ1v) is 6.98. The molecule has 0 saturated carbocycles. The lowest BCUT2D eigenvalue weighted by molar-refractivity contribution is -0.385. The highest BCUT2D eigenvalue weighted by atomic mass is 79.9. The molecule has 0 aliphatic rings. The van der Waals surface area contributed by atoms with Crippen molar-refractivity contribution >= 4 is 43.5 Å². The van der Waals surface area contributed by atoms with E-state index in [0.29, 0.717) is 8.95 Å². The second-order valence-corrected chi connectivity index (χ2v) is 5.47. The summed E-state index contributed by atoms with van der Waals surface area (Å²) in [6.07, 6.45) is 1.38. The molecule has 1 heterocycles. The SMILES string of the molecule is O=C(O)c1cccnc1Oc1c(Br)cc([N+](=O)[O-])cc1Br. The molecule has 0 atom stereocenters. The number of carboxylic acids is 1. The van der Waals surface area contributed by atoms with Crippen LogP contribution >= 0.6 is 31.9 Å². The fourth-order valence-electron chi connectivity index (χ4n) is 1.48. The van der Waals surface area contributed by atoms with Gasteiger partial charge in [-0.15, -0.1) is 0 Å². The van der Waals surface area contributed by atoms with Gasteiger partial charge in [0.05, 0.1) is 13.9 Å². The molecule has 0 saturated heterocycles. The molecular formula is C12H6Br2N2O5. The molecule has 0 spiro atoms. The van der Waals surface area contributed by atoms with Gasteiger partial charge >= 0.3 is 5.97 Å². The van der Waals surface area contributed by atoms with E-state index in [4.69, 9.17) is 9.84 Å². The molecule has 2 rings (SSSR count). The second-order valence-electron chi connectivity index (χ2n) is 3.76. The Balaban J connectivity index is 2.46. The molecule has 0 aliphatic heterocycles. The van der Waals surface area contributed by atoms with E-state index < -0.39 is 10.9 Å². The second kappa shape index (κ2) is 6.19. The number of hydrogen-bond acceptors (Lipinski definition) is 5. The van der Waals surface area contributed by atoms with Gasteiger partial charge in [-0.3, -0.25) is 10.1 Å². The molecule has 9 heteroatoms. The minimum absolute atomic E-state index is 0.111. The van der Waals surface area contributed by atoms with Gasteiger partial charge in [0.15, 0.2) is 5.75 Å². The van der Waals surface area contributed by atoms with Crippen molar-refractivity contribution in [2.24, 2.45) is 0 Å². The third kappa shape index (κ3) is 3.37. The largest absolute Gasteiger partial charge is 0.477 e. The van der Waals surface area contributed by atoms with Gasteiger partial charge in [-0.05, 0) is 44.0 Å². The maximum Gasteiger partial charge on any atom is 0.341 e. The molecule has 0 fully saturated rings. The van der Waals surface area contributed by atoms with Gasteiger partial charge in [-0.25, -0.2) is 9.78 Å². The molecule has 7 nitrogen and oxygen atoms in total. The maximum absolute atomic E-state index is 11.1. The average molecular weight is 418 g/mol. The van der Waals surface area contributed by atoms with Crippen LogP contribution in [0.4, 0.5) is 5.69 Å². The number of nitrogens with zero attached hydrogens (tertiary/aromatic N) is 2. The summed E-state index contributed by atoms with van der Waals surface area (Å²) in [5.74, 6) is -1.10. The van der Waals surface area contributed by atoms with Gasteiger partial charge < -0.3 is 9.84 Å². The Kier molecular flexibility index (Phi) is 4.53. The molecule has 0 unspecified atom stereocenters. The van der Waals surface area contributed by atoms with Gasteiger partial charge in [0.25, 0.3) is 5.69 Å². The zero-order valence-corrected chi connectivity index (χ0v) is 13.3. The van der Waals surface area contributed by atoms with E-state index >= 15 is 0 Å². The molecule has 1 aromatic carbocycles. The van der Waals surface area contributed by atoms with E-state index in [1.54, 1.807) is 0 Å². The standard InChI is InChI=1S/C12H6Br2N2O5/c13-8-4-6(16(19)20)5-9(14)10(8)21-11-7(12(17)18)2-1-3-15-11/h1-5H,(H,17,18). The molecule has 0 radical (unpaired) electrons. The van der Waals surface area contributed by atoms with Crippen LogP contribution in [0.2, 0.25) is 0 Å². The number of hydrogen-bond donors (Lipinski definition) is 1. The number of carboxylic acid groups (broad SMARTS) is 1. The van der Waals surface area contributed by atoms with E-state index in [1.165, 1.54) is 30.5 Å².